The van der Waals surface area contributed by atoms with Crippen LogP contribution in [-0.2, 0) is 4.79 Å². The zero-order valence-corrected chi connectivity index (χ0v) is 21.2. The predicted octanol–water partition coefficient (Wildman–Crippen LogP) is 4.25. The predicted molar refractivity (Wildman–Crippen MR) is 135 cm³/mol. The molecule has 0 spiro atoms. The number of halogens is 2. The topological polar surface area (TPSA) is 100 Å². The maximum Gasteiger partial charge on any atom is 0.255 e. The Morgan fingerprint density at radius 3 is 2.70 bits per heavy atom. The molecule has 2 atom stereocenters. The highest BCUT2D eigenvalue weighted by molar-refractivity contribution is 6.09. The molecule has 10 heteroatoms. The Bertz CT molecular complexity index is 1350. The minimum Gasteiger partial charge on any atom is -0.492 e. The van der Waals surface area contributed by atoms with Crippen LogP contribution in [0.2, 0.25) is 0 Å². The van der Waals surface area contributed by atoms with Crippen LogP contribution in [0.25, 0.3) is 22.3 Å². The van der Waals surface area contributed by atoms with Crippen molar-refractivity contribution in [3.8, 4) is 17.0 Å². The summed E-state index contributed by atoms with van der Waals surface area (Å²) in [5, 5.41) is 2.78. The molecule has 1 saturated carbocycles. The van der Waals surface area contributed by atoms with Crippen molar-refractivity contribution in [2.24, 2.45) is 5.92 Å². The van der Waals surface area contributed by atoms with Crippen molar-refractivity contribution in [1.29, 1.82) is 0 Å². The molecule has 3 heterocycles. The molecular weight excluding hydrogens is 480 g/mol. The number of amides is 2. The van der Waals surface area contributed by atoms with Crippen LogP contribution in [0.3, 0.4) is 0 Å². The number of fused-ring (bicyclic) bond motifs is 1. The van der Waals surface area contributed by atoms with E-state index in [2.05, 4.69) is 20.3 Å². The van der Waals surface area contributed by atoms with Gasteiger partial charge in [-0.3, -0.25) is 9.59 Å². The number of aromatic nitrogens is 3. The molecule has 2 unspecified atom stereocenters. The first-order valence-electron chi connectivity index (χ1n) is 12.8. The summed E-state index contributed by atoms with van der Waals surface area (Å²) in [6.07, 6.45) is 2.75. The molecule has 1 aliphatic carbocycles. The van der Waals surface area contributed by atoms with Gasteiger partial charge >= 0.3 is 0 Å². The van der Waals surface area contributed by atoms with E-state index in [1.807, 2.05) is 0 Å². The maximum absolute atomic E-state index is 15.4. The molecule has 0 bridgehead atoms. The average Bonchev–Trinajstić information content (AvgIpc) is 3.65. The summed E-state index contributed by atoms with van der Waals surface area (Å²) in [6, 6.07) is 2.69. The largest absolute Gasteiger partial charge is 0.492 e. The van der Waals surface area contributed by atoms with Crippen LogP contribution in [0.4, 0.5) is 8.78 Å². The maximum atomic E-state index is 15.4. The molecule has 196 valence electrons. The first-order chi connectivity index (χ1) is 17.8. The Balaban J connectivity index is 1.45. The number of ether oxygens (including phenoxy) is 1. The van der Waals surface area contributed by atoms with Crippen molar-refractivity contribution in [1.82, 2.24) is 25.2 Å². The zero-order valence-electron chi connectivity index (χ0n) is 21.2. The van der Waals surface area contributed by atoms with E-state index in [1.54, 1.807) is 32.9 Å². The summed E-state index contributed by atoms with van der Waals surface area (Å²) in [6.45, 7) is 5.97. The lowest BCUT2D eigenvalue weighted by Gasteiger charge is -2.35. The van der Waals surface area contributed by atoms with E-state index in [0.29, 0.717) is 65.6 Å². The number of hydrogen-bond donors (Lipinski definition) is 2. The summed E-state index contributed by atoms with van der Waals surface area (Å²) < 4.78 is 36.3. The van der Waals surface area contributed by atoms with Gasteiger partial charge in [0.05, 0.1) is 35.8 Å². The van der Waals surface area contributed by atoms with Gasteiger partial charge in [-0.2, -0.15) is 0 Å². The highest BCUT2D eigenvalue weighted by Crippen LogP contribution is 2.39. The molecule has 2 aromatic heterocycles. The Morgan fingerprint density at radius 1 is 1.22 bits per heavy atom. The monoisotopic (exact) mass is 511 g/mol. The third kappa shape index (κ3) is 4.89. The Morgan fingerprint density at radius 2 is 2.00 bits per heavy atom. The van der Waals surface area contributed by atoms with Gasteiger partial charge in [0.2, 0.25) is 5.91 Å². The molecule has 37 heavy (non-hydrogen) atoms. The number of likely N-dealkylation sites (tertiary alicyclic amines) is 1. The number of carbonyl (C=O) groups excluding carboxylic acids is 2. The quantitative estimate of drug-likeness (QED) is 0.494. The van der Waals surface area contributed by atoms with Crippen LogP contribution < -0.4 is 10.1 Å². The van der Waals surface area contributed by atoms with Crippen LogP contribution in [0.1, 0.15) is 54.2 Å². The summed E-state index contributed by atoms with van der Waals surface area (Å²) >= 11 is 0. The highest BCUT2D eigenvalue weighted by Gasteiger charge is 2.33. The number of H-pyrrole nitrogens is 1. The van der Waals surface area contributed by atoms with Crippen molar-refractivity contribution >= 4 is 22.8 Å². The third-order valence-electron chi connectivity index (χ3n) is 7.22. The van der Waals surface area contributed by atoms with E-state index in [0.717, 1.165) is 12.8 Å². The normalized spacial score (nSPS) is 19.8. The molecule has 1 aliphatic heterocycles. The molecule has 2 amide bonds. The van der Waals surface area contributed by atoms with Crippen molar-refractivity contribution in [3.63, 3.8) is 0 Å². The van der Waals surface area contributed by atoms with E-state index in [9.17, 15) is 14.0 Å². The van der Waals surface area contributed by atoms with Crippen molar-refractivity contribution in [2.45, 2.75) is 58.7 Å². The Hall–Kier alpha value is -3.56. The number of piperidine rings is 1. The minimum absolute atomic E-state index is 0.0485. The van der Waals surface area contributed by atoms with Gasteiger partial charge in [-0.25, -0.2) is 18.7 Å². The van der Waals surface area contributed by atoms with Crippen LogP contribution in [0, 0.1) is 25.6 Å². The van der Waals surface area contributed by atoms with Crippen LogP contribution in [0.15, 0.2) is 18.5 Å². The molecule has 8 nitrogen and oxygen atoms in total. The molecule has 2 fully saturated rings. The second-order valence-electron chi connectivity index (χ2n) is 9.97. The number of nitrogens with zero attached hydrogens (tertiary/aromatic N) is 3. The Kier molecular flexibility index (Phi) is 6.83. The van der Waals surface area contributed by atoms with Crippen LogP contribution >= 0.6 is 0 Å². The molecule has 2 aliphatic rings. The van der Waals surface area contributed by atoms with Crippen molar-refractivity contribution in [2.75, 3.05) is 19.7 Å². The summed E-state index contributed by atoms with van der Waals surface area (Å²) in [5.74, 6) is -0.154. The van der Waals surface area contributed by atoms with Crippen LogP contribution in [-0.4, -0.2) is 63.6 Å². The zero-order chi connectivity index (χ0) is 26.3. The second-order valence-corrected chi connectivity index (χ2v) is 9.97. The summed E-state index contributed by atoms with van der Waals surface area (Å²) in [7, 11) is 0. The fourth-order valence-electron chi connectivity index (χ4n) is 4.84. The highest BCUT2D eigenvalue weighted by atomic mass is 19.1. The van der Waals surface area contributed by atoms with Gasteiger partial charge in [-0.15, -0.1) is 0 Å². The van der Waals surface area contributed by atoms with Crippen molar-refractivity contribution in [3.05, 3.63) is 41.1 Å². The number of aryl methyl sites for hydroxylation is 2. The number of alkyl halides is 1. The fraction of sp³-hybridized carbons (Fsp3) is 0.481. The van der Waals surface area contributed by atoms with Crippen LogP contribution in [0.5, 0.6) is 5.75 Å². The van der Waals surface area contributed by atoms with Gasteiger partial charge in [0.1, 0.15) is 35.3 Å². The van der Waals surface area contributed by atoms with E-state index in [-0.39, 0.29) is 23.6 Å². The SMILES string of the molecule is CCC(=O)N1CCC(NC(=O)c2c(C)[nH]c3c(-c4c(OCC5CC5)ccc(C)c4F)ncnc23)C(F)C1. The average molecular weight is 512 g/mol. The lowest BCUT2D eigenvalue weighted by molar-refractivity contribution is -0.133. The number of benzene rings is 1. The Labute approximate surface area is 213 Å². The lowest BCUT2D eigenvalue weighted by Crippen LogP contribution is -2.53. The molecule has 3 aromatic rings. The summed E-state index contributed by atoms with van der Waals surface area (Å²) in [5.41, 5.74) is 2.47. The summed E-state index contributed by atoms with van der Waals surface area (Å²) in [4.78, 5) is 38.6. The van der Waals surface area contributed by atoms with Gasteiger partial charge in [0.25, 0.3) is 5.91 Å². The van der Waals surface area contributed by atoms with E-state index < -0.39 is 23.9 Å². The molecule has 1 aromatic carbocycles. The third-order valence-corrected chi connectivity index (χ3v) is 7.22. The van der Waals surface area contributed by atoms with E-state index >= 15 is 4.39 Å². The standard InChI is InChI=1S/C27H31F2N5O3/c1-4-20(35)34-10-9-18(17(28)11-34)33-27(36)21-15(3)32-26-24(21)30-13-31-25(26)22-19(37-12-16-6-7-16)8-5-14(2)23(22)29/h5,8,13,16-18,32H,4,6-7,9-12H2,1-3H3,(H,33,36). The molecule has 0 radical (unpaired) electrons. The number of nitrogens with one attached hydrogen (secondary N) is 2. The van der Waals surface area contributed by atoms with E-state index in [4.69, 9.17) is 4.74 Å². The van der Waals surface area contributed by atoms with Gasteiger partial charge < -0.3 is 19.9 Å². The van der Waals surface area contributed by atoms with Gasteiger partial charge in [-0.1, -0.05) is 13.0 Å². The molecule has 2 N–H and O–H groups in total. The van der Waals surface area contributed by atoms with Gasteiger partial charge in [0.15, 0.2) is 0 Å². The number of hydrogen-bond acceptors (Lipinski definition) is 5. The molecule has 5 rings (SSSR count). The second kappa shape index (κ2) is 10.1. The number of carbonyl (C=O) groups is 2. The number of aromatic amines is 1. The molecular formula is C27H31F2N5O3. The van der Waals surface area contributed by atoms with Crippen molar-refractivity contribution < 1.29 is 23.1 Å². The molecule has 1 saturated heterocycles. The van der Waals surface area contributed by atoms with Gasteiger partial charge in [0, 0.05) is 18.7 Å². The first-order valence-corrected chi connectivity index (χ1v) is 12.8. The number of rotatable bonds is 7. The smallest absolute Gasteiger partial charge is 0.255 e. The van der Waals surface area contributed by atoms with Gasteiger partial charge in [-0.05, 0) is 50.7 Å². The van der Waals surface area contributed by atoms with E-state index in [1.165, 1.54) is 11.2 Å². The first kappa shape index (κ1) is 25.1. The minimum atomic E-state index is -1.38. The lowest BCUT2D eigenvalue weighted by atomic mass is 10.0. The fourth-order valence-corrected chi connectivity index (χ4v) is 4.84.